The number of carboxylic acid groups (broad SMARTS) is 1. The van der Waals surface area contributed by atoms with Gasteiger partial charge in [-0.3, -0.25) is 4.98 Å². The third-order valence-corrected chi connectivity index (χ3v) is 3.13. The Morgan fingerprint density at radius 3 is 2.94 bits per heavy atom. The van der Waals surface area contributed by atoms with Crippen LogP contribution in [0.1, 0.15) is 10.6 Å². The number of carboxylic acids is 1. The predicted molar refractivity (Wildman–Crippen MR) is 66.8 cm³/mol. The summed E-state index contributed by atoms with van der Waals surface area (Å²) in [5.74, 6) is 3.59. The first-order valence-electron chi connectivity index (χ1n) is 4.93. The van der Waals surface area contributed by atoms with Crippen LogP contribution < -0.4 is 0 Å². The van der Waals surface area contributed by atoms with Gasteiger partial charge in [-0.2, -0.15) is 0 Å². The van der Waals surface area contributed by atoms with Crippen molar-refractivity contribution in [3.05, 3.63) is 41.0 Å². The maximum absolute atomic E-state index is 10.3. The van der Waals surface area contributed by atoms with Gasteiger partial charge in [0.25, 0.3) is 0 Å². The molecule has 3 nitrogen and oxygen atoms in total. The summed E-state index contributed by atoms with van der Waals surface area (Å²) in [7, 11) is 0. The van der Waals surface area contributed by atoms with E-state index in [4.69, 9.17) is 5.11 Å². The van der Waals surface area contributed by atoms with E-state index in [2.05, 4.69) is 16.8 Å². The molecule has 0 amide bonds. The smallest absolute Gasteiger partial charge is 0.382 e. The summed E-state index contributed by atoms with van der Waals surface area (Å²) in [4.78, 5) is 16.3. The van der Waals surface area contributed by atoms with Crippen LogP contribution in [0, 0.1) is 18.8 Å². The molecule has 2 aromatic rings. The number of nitrogens with zero attached hydrogens (tertiary/aromatic N) is 1. The first kappa shape index (κ1) is 11.4. The Kier molecular flexibility index (Phi) is 3.22. The molecule has 0 aromatic carbocycles. The van der Waals surface area contributed by atoms with E-state index in [0.717, 1.165) is 21.0 Å². The topological polar surface area (TPSA) is 50.2 Å². The molecule has 4 heteroatoms. The minimum atomic E-state index is -1.11. The van der Waals surface area contributed by atoms with E-state index in [9.17, 15) is 4.79 Å². The minimum absolute atomic E-state index is 0.747. The van der Waals surface area contributed by atoms with Gasteiger partial charge in [-0.25, -0.2) is 4.79 Å². The van der Waals surface area contributed by atoms with Crippen molar-refractivity contribution in [2.45, 2.75) is 6.92 Å². The lowest BCUT2D eigenvalue weighted by molar-refractivity contribution is -0.130. The third-order valence-electron chi connectivity index (χ3n) is 2.08. The van der Waals surface area contributed by atoms with Crippen molar-refractivity contribution in [3.8, 4) is 22.3 Å². The molecule has 0 unspecified atom stereocenters. The van der Waals surface area contributed by atoms with Gasteiger partial charge in [0.05, 0.1) is 4.88 Å². The van der Waals surface area contributed by atoms with Gasteiger partial charge in [-0.05, 0) is 42.7 Å². The Hall–Kier alpha value is -2.12. The Morgan fingerprint density at radius 1 is 1.41 bits per heavy atom. The van der Waals surface area contributed by atoms with Crippen molar-refractivity contribution < 1.29 is 9.90 Å². The van der Waals surface area contributed by atoms with Crippen LogP contribution in [0.4, 0.5) is 0 Å². The maximum atomic E-state index is 10.3. The molecule has 0 bridgehead atoms. The number of aryl methyl sites for hydroxylation is 1. The zero-order chi connectivity index (χ0) is 12.3. The first-order chi connectivity index (χ1) is 8.15. The summed E-state index contributed by atoms with van der Waals surface area (Å²) >= 11 is 1.47. The number of carbonyl (C=O) groups is 1. The predicted octanol–water partition coefficient (Wildman–Crippen LogP) is 2.55. The fourth-order valence-corrected chi connectivity index (χ4v) is 2.23. The van der Waals surface area contributed by atoms with Crippen LogP contribution in [-0.2, 0) is 4.79 Å². The molecule has 17 heavy (non-hydrogen) atoms. The lowest BCUT2D eigenvalue weighted by atomic mass is 10.2. The van der Waals surface area contributed by atoms with E-state index in [1.807, 2.05) is 31.2 Å². The van der Waals surface area contributed by atoms with Gasteiger partial charge < -0.3 is 5.11 Å². The van der Waals surface area contributed by atoms with Crippen molar-refractivity contribution >= 4 is 17.3 Å². The van der Waals surface area contributed by atoms with Gasteiger partial charge >= 0.3 is 5.97 Å². The van der Waals surface area contributed by atoms with Gasteiger partial charge in [0.1, 0.15) is 0 Å². The molecule has 0 aliphatic rings. The molecular weight excluding hydrogens is 234 g/mol. The molecule has 0 spiro atoms. The summed E-state index contributed by atoms with van der Waals surface area (Å²) in [5, 5.41) is 8.46. The number of aliphatic carboxylic acids is 1. The Balaban J connectivity index is 2.31. The Bertz CT molecular complexity index is 620. The molecule has 0 aliphatic carbocycles. The van der Waals surface area contributed by atoms with Crippen molar-refractivity contribution in [1.82, 2.24) is 4.98 Å². The molecule has 0 fully saturated rings. The quantitative estimate of drug-likeness (QED) is 0.783. The highest BCUT2D eigenvalue weighted by Gasteiger charge is 2.02. The van der Waals surface area contributed by atoms with Crippen molar-refractivity contribution in [2.75, 3.05) is 0 Å². The van der Waals surface area contributed by atoms with E-state index in [-0.39, 0.29) is 0 Å². The Labute approximate surface area is 103 Å². The minimum Gasteiger partial charge on any atom is -0.472 e. The monoisotopic (exact) mass is 243 g/mol. The van der Waals surface area contributed by atoms with Gasteiger partial charge in [0, 0.05) is 22.7 Å². The molecule has 2 rings (SSSR count). The van der Waals surface area contributed by atoms with Gasteiger partial charge in [0.2, 0.25) is 0 Å². The highest BCUT2D eigenvalue weighted by Crippen LogP contribution is 2.27. The van der Waals surface area contributed by atoms with E-state index >= 15 is 0 Å². The molecular formula is C13H9NO2S. The van der Waals surface area contributed by atoms with Gasteiger partial charge in [0.15, 0.2) is 0 Å². The van der Waals surface area contributed by atoms with Crippen LogP contribution in [-0.4, -0.2) is 16.1 Å². The lowest BCUT2D eigenvalue weighted by Crippen LogP contribution is -1.85. The average molecular weight is 243 g/mol. The van der Waals surface area contributed by atoms with Crippen LogP contribution in [0.2, 0.25) is 0 Å². The molecule has 0 atom stereocenters. The van der Waals surface area contributed by atoms with Crippen LogP contribution in [0.15, 0.2) is 30.5 Å². The lowest BCUT2D eigenvalue weighted by Gasteiger charge is -1.97. The van der Waals surface area contributed by atoms with E-state index in [0.29, 0.717) is 0 Å². The van der Waals surface area contributed by atoms with Crippen molar-refractivity contribution in [2.24, 2.45) is 0 Å². The summed E-state index contributed by atoms with van der Waals surface area (Å²) in [6.45, 7) is 1.93. The zero-order valence-corrected chi connectivity index (χ0v) is 9.91. The molecule has 0 aliphatic heterocycles. The van der Waals surface area contributed by atoms with Crippen molar-refractivity contribution in [1.29, 1.82) is 0 Å². The summed E-state index contributed by atoms with van der Waals surface area (Å²) in [6.07, 6.45) is 1.76. The number of hydrogen-bond acceptors (Lipinski definition) is 3. The highest BCUT2D eigenvalue weighted by molar-refractivity contribution is 7.16. The fraction of sp³-hybridized carbons (Fsp3) is 0.0769. The summed E-state index contributed by atoms with van der Waals surface area (Å²) < 4.78 is 0. The molecule has 0 saturated carbocycles. The standard InChI is InChI=1S/C13H9NO2S/c1-9-8-10(6-7-14-9)12-4-2-11(17-12)3-5-13(15)16/h2,4,6-8H,1H3,(H,15,16). The molecule has 0 saturated heterocycles. The molecule has 0 radical (unpaired) electrons. The molecule has 2 heterocycles. The number of rotatable bonds is 1. The second kappa shape index (κ2) is 4.81. The third kappa shape index (κ3) is 2.92. The molecule has 1 N–H and O–H groups in total. The van der Waals surface area contributed by atoms with Crippen LogP contribution in [0.3, 0.4) is 0 Å². The van der Waals surface area contributed by atoms with Crippen LogP contribution in [0.5, 0.6) is 0 Å². The maximum Gasteiger partial charge on any atom is 0.382 e. The van der Waals surface area contributed by atoms with E-state index in [1.54, 1.807) is 6.20 Å². The SMILES string of the molecule is Cc1cc(-c2ccc(C#CC(=O)O)s2)ccn1. The largest absolute Gasteiger partial charge is 0.472 e. The van der Waals surface area contributed by atoms with Crippen LogP contribution in [0.25, 0.3) is 10.4 Å². The normalized spacial score (nSPS) is 9.47. The number of thiophene rings is 1. The van der Waals surface area contributed by atoms with Crippen LogP contribution >= 0.6 is 11.3 Å². The average Bonchev–Trinajstić information content (AvgIpc) is 2.75. The Morgan fingerprint density at radius 2 is 2.24 bits per heavy atom. The summed E-state index contributed by atoms with van der Waals surface area (Å²) in [5.41, 5.74) is 2.03. The number of pyridine rings is 1. The van der Waals surface area contributed by atoms with Gasteiger partial charge in [-0.15, -0.1) is 11.3 Å². The zero-order valence-electron chi connectivity index (χ0n) is 9.10. The summed E-state index contributed by atoms with van der Waals surface area (Å²) in [6, 6.07) is 7.67. The first-order valence-corrected chi connectivity index (χ1v) is 5.74. The highest BCUT2D eigenvalue weighted by atomic mass is 32.1. The number of hydrogen-bond donors (Lipinski definition) is 1. The van der Waals surface area contributed by atoms with Crippen molar-refractivity contribution in [3.63, 3.8) is 0 Å². The second-order valence-corrected chi connectivity index (χ2v) is 4.49. The fourth-order valence-electron chi connectivity index (χ4n) is 1.37. The molecule has 84 valence electrons. The second-order valence-electron chi connectivity index (χ2n) is 3.40. The number of aromatic nitrogens is 1. The van der Waals surface area contributed by atoms with E-state index in [1.165, 1.54) is 11.3 Å². The molecule has 2 aromatic heterocycles. The van der Waals surface area contributed by atoms with E-state index < -0.39 is 5.97 Å². The van der Waals surface area contributed by atoms with Gasteiger partial charge in [-0.1, -0.05) is 0 Å².